The van der Waals surface area contributed by atoms with Crippen molar-refractivity contribution in [2.45, 2.75) is 50.8 Å². The first-order valence-corrected chi connectivity index (χ1v) is 8.74. The summed E-state index contributed by atoms with van der Waals surface area (Å²) in [5, 5.41) is 0. The van der Waals surface area contributed by atoms with Crippen LogP contribution < -0.4 is 5.73 Å². The van der Waals surface area contributed by atoms with Crippen LogP contribution in [0.25, 0.3) is 0 Å². The summed E-state index contributed by atoms with van der Waals surface area (Å²) in [5.41, 5.74) is 7.88. The van der Waals surface area contributed by atoms with Crippen LogP contribution in [0.4, 0.5) is 5.69 Å². The Morgan fingerprint density at radius 1 is 1.00 bits per heavy atom. The molecule has 1 aromatic rings. The topological polar surface area (TPSA) is 63.4 Å². The van der Waals surface area contributed by atoms with Crippen molar-refractivity contribution in [1.82, 2.24) is 4.31 Å². The van der Waals surface area contributed by atoms with Gasteiger partial charge >= 0.3 is 0 Å². The Morgan fingerprint density at radius 2 is 1.55 bits per heavy atom. The summed E-state index contributed by atoms with van der Waals surface area (Å²) in [5.74, 6) is 0. The molecular formula is C15H24N2O2S. The maximum Gasteiger partial charge on any atom is 0.243 e. The van der Waals surface area contributed by atoms with Gasteiger partial charge in [-0.1, -0.05) is 25.3 Å². The van der Waals surface area contributed by atoms with Gasteiger partial charge in [0.2, 0.25) is 10.0 Å². The molecule has 1 aromatic carbocycles. The number of nitrogens with zero attached hydrogens (tertiary/aromatic N) is 1. The van der Waals surface area contributed by atoms with Crippen LogP contribution in [0.15, 0.2) is 17.0 Å². The minimum Gasteiger partial charge on any atom is -0.398 e. The van der Waals surface area contributed by atoms with E-state index in [1.807, 2.05) is 6.92 Å². The summed E-state index contributed by atoms with van der Waals surface area (Å²) in [4.78, 5) is 0.401. The molecule has 0 bridgehead atoms. The maximum absolute atomic E-state index is 12.9. The van der Waals surface area contributed by atoms with Crippen LogP contribution >= 0.6 is 0 Å². The Bertz CT molecular complexity index is 574. The summed E-state index contributed by atoms with van der Waals surface area (Å²) in [7, 11) is -3.43. The largest absolute Gasteiger partial charge is 0.398 e. The predicted molar refractivity (Wildman–Crippen MR) is 82.2 cm³/mol. The molecule has 0 aromatic heterocycles. The van der Waals surface area contributed by atoms with Crippen LogP contribution in [0.3, 0.4) is 0 Å². The van der Waals surface area contributed by atoms with Crippen LogP contribution in [0.1, 0.15) is 43.2 Å². The lowest BCUT2D eigenvalue weighted by Crippen LogP contribution is -2.34. The van der Waals surface area contributed by atoms with E-state index in [0.29, 0.717) is 29.2 Å². The Kier molecular flexibility index (Phi) is 4.70. The van der Waals surface area contributed by atoms with Crippen molar-refractivity contribution in [3.8, 4) is 0 Å². The molecule has 4 nitrogen and oxygen atoms in total. The van der Waals surface area contributed by atoms with Crippen LogP contribution in [-0.4, -0.2) is 25.8 Å². The molecule has 1 fully saturated rings. The highest BCUT2D eigenvalue weighted by Crippen LogP contribution is 2.28. The summed E-state index contributed by atoms with van der Waals surface area (Å²) >= 11 is 0. The Labute approximate surface area is 122 Å². The van der Waals surface area contributed by atoms with Gasteiger partial charge in [0.15, 0.2) is 0 Å². The van der Waals surface area contributed by atoms with Gasteiger partial charge in [0.1, 0.15) is 0 Å². The molecule has 0 atom stereocenters. The number of nitrogens with two attached hydrogens (primary N) is 1. The number of nitrogen functional groups attached to an aromatic ring is 1. The van der Waals surface area contributed by atoms with E-state index in [9.17, 15) is 8.42 Å². The standard InChI is InChI=1S/C15H24N2O2S/c1-12-8-9-14(16)13(2)15(12)20(18,19)17-10-6-4-3-5-7-11-17/h8-9H,3-7,10-11,16H2,1-2H3. The number of rotatable bonds is 2. The van der Waals surface area contributed by atoms with E-state index in [2.05, 4.69) is 0 Å². The van der Waals surface area contributed by atoms with E-state index in [0.717, 1.165) is 31.2 Å². The third-order valence-electron chi connectivity index (χ3n) is 4.06. The van der Waals surface area contributed by atoms with Crippen LogP contribution in [0.5, 0.6) is 0 Å². The van der Waals surface area contributed by atoms with E-state index in [1.165, 1.54) is 6.42 Å². The van der Waals surface area contributed by atoms with E-state index in [-0.39, 0.29) is 0 Å². The zero-order valence-electron chi connectivity index (χ0n) is 12.4. The van der Waals surface area contributed by atoms with E-state index in [1.54, 1.807) is 23.4 Å². The lowest BCUT2D eigenvalue weighted by Gasteiger charge is -2.26. The third kappa shape index (κ3) is 2.99. The van der Waals surface area contributed by atoms with Gasteiger partial charge in [-0.05, 0) is 43.9 Å². The maximum atomic E-state index is 12.9. The molecular weight excluding hydrogens is 272 g/mol. The highest BCUT2D eigenvalue weighted by molar-refractivity contribution is 7.89. The second-order valence-electron chi connectivity index (χ2n) is 5.60. The molecule has 2 rings (SSSR count). The molecule has 1 heterocycles. The lowest BCUT2D eigenvalue weighted by atomic mass is 10.1. The minimum atomic E-state index is -3.43. The van der Waals surface area contributed by atoms with Gasteiger partial charge in [0.05, 0.1) is 4.90 Å². The fraction of sp³-hybridized carbons (Fsp3) is 0.600. The van der Waals surface area contributed by atoms with Gasteiger partial charge in [-0.3, -0.25) is 0 Å². The molecule has 0 spiro atoms. The molecule has 0 amide bonds. The highest BCUT2D eigenvalue weighted by Gasteiger charge is 2.28. The first kappa shape index (κ1) is 15.3. The fourth-order valence-electron chi connectivity index (χ4n) is 2.83. The molecule has 0 saturated carbocycles. The molecule has 20 heavy (non-hydrogen) atoms. The Morgan fingerprint density at radius 3 is 2.15 bits per heavy atom. The van der Waals surface area contributed by atoms with Crippen molar-refractivity contribution < 1.29 is 8.42 Å². The highest BCUT2D eigenvalue weighted by atomic mass is 32.2. The molecule has 2 N–H and O–H groups in total. The second-order valence-corrected chi connectivity index (χ2v) is 7.47. The van der Waals surface area contributed by atoms with Gasteiger partial charge < -0.3 is 5.73 Å². The third-order valence-corrected chi connectivity index (χ3v) is 6.25. The number of aryl methyl sites for hydroxylation is 1. The number of sulfonamides is 1. The molecule has 0 aliphatic carbocycles. The van der Waals surface area contributed by atoms with Crippen molar-refractivity contribution >= 4 is 15.7 Å². The summed E-state index contributed by atoms with van der Waals surface area (Å²) in [6.07, 6.45) is 5.32. The Balaban J connectivity index is 2.41. The molecule has 5 heteroatoms. The number of anilines is 1. The summed E-state index contributed by atoms with van der Waals surface area (Å²) in [6, 6.07) is 3.57. The van der Waals surface area contributed by atoms with Crippen LogP contribution in [0, 0.1) is 13.8 Å². The number of benzene rings is 1. The first-order chi connectivity index (χ1) is 9.44. The predicted octanol–water partition coefficient (Wildman–Crippen LogP) is 2.84. The molecule has 1 aliphatic rings. The zero-order chi connectivity index (χ0) is 14.8. The van der Waals surface area contributed by atoms with Crippen molar-refractivity contribution in [3.63, 3.8) is 0 Å². The zero-order valence-corrected chi connectivity index (χ0v) is 13.2. The number of hydrogen-bond acceptors (Lipinski definition) is 3. The molecule has 112 valence electrons. The van der Waals surface area contributed by atoms with Gasteiger partial charge in [0.25, 0.3) is 0 Å². The van der Waals surface area contributed by atoms with Crippen LogP contribution in [0.2, 0.25) is 0 Å². The molecule has 0 radical (unpaired) electrons. The quantitative estimate of drug-likeness (QED) is 0.854. The normalized spacial score (nSPS) is 18.5. The van der Waals surface area contributed by atoms with Gasteiger partial charge in [-0.25, -0.2) is 8.42 Å². The van der Waals surface area contributed by atoms with Crippen LogP contribution in [-0.2, 0) is 10.0 Å². The van der Waals surface area contributed by atoms with E-state index < -0.39 is 10.0 Å². The summed E-state index contributed by atoms with van der Waals surface area (Å²) < 4.78 is 27.5. The van der Waals surface area contributed by atoms with Gasteiger partial charge in [-0.2, -0.15) is 4.31 Å². The molecule has 1 aliphatic heterocycles. The SMILES string of the molecule is Cc1ccc(N)c(C)c1S(=O)(=O)N1CCCCCCC1. The smallest absolute Gasteiger partial charge is 0.243 e. The average Bonchev–Trinajstić information content (AvgIpc) is 2.33. The lowest BCUT2D eigenvalue weighted by molar-refractivity contribution is 0.364. The summed E-state index contributed by atoms with van der Waals surface area (Å²) in [6.45, 7) is 4.87. The molecule has 0 unspecified atom stereocenters. The monoisotopic (exact) mass is 296 g/mol. The number of hydrogen-bond donors (Lipinski definition) is 1. The minimum absolute atomic E-state index is 0.401. The second kappa shape index (κ2) is 6.14. The Hall–Kier alpha value is -1.07. The van der Waals surface area contributed by atoms with Crippen molar-refractivity contribution in [2.24, 2.45) is 0 Å². The average molecular weight is 296 g/mol. The van der Waals surface area contributed by atoms with Gasteiger partial charge in [0, 0.05) is 18.8 Å². The molecule has 1 saturated heterocycles. The van der Waals surface area contributed by atoms with Crippen molar-refractivity contribution in [1.29, 1.82) is 0 Å². The first-order valence-electron chi connectivity index (χ1n) is 7.30. The van der Waals surface area contributed by atoms with Gasteiger partial charge in [-0.15, -0.1) is 0 Å². The van der Waals surface area contributed by atoms with Crippen molar-refractivity contribution in [3.05, 3.63) is 23.3 Å². The fourth-order valence-corrected chi connectivity index (χ4v) is 4.80. The van der Waals surface area contributed by atoms with E-state index >= 15 is 0 Å². The van der Waals surface area contributed by atoms with Crippen molar-refractivity contribution in [2.75, 3.05) is 18.8 Å². The van der Waals surface area contributed by atoms with E-state index in [4.69, 9.17) is 5.73 Å².